The summed E-state index contributed by atoms with van der Waals surface area (Å²) in [4.78, 5) is 5.81. The van der Waals surface area contributed by atoms with E-state index in [1.807, 2.05) is 5.38 Å². The molecule has 3 nitrogen and oxygen atoms in total. The van der Waals surface area contributed by atoms with Crippen LogP contribution < -0.4 is 0 Å². The third-order valence-electron chi connectivity index (χ3n) is 2.96. The molecule has 0 radical (unpaired) electrons. The van der Waals surface area contributed by atoms with Gasteiger partial charge in [-0.2, -0.15) is 5.26 Å². The minimum atomic E-state index is -0.500. The highest BCUT2D eigenvalue weighted by Gasteiger charge is 2.43. The van der Waals surface area contributed by atoms with Crippen LogP contribution in [0, 0.1) is 18.3 Å². The van der Waals surface area contributed by atoms with Gasteiger partial charge in [0.2, 0.25) is 0 Å². The molecule has 2 aromatic heterocycles. The van der Waals surface area contributed by atoms with Crippen molar-refractivity contribution in [2.24, 2.45) is 0 Å². The molecule has 3 heterocycles. The second kappa shape index (κ2) is 3.91. The van der Waals surface area contributed by atoms with Crippen LogP contribution in [0.3, 0.4) is 0 Å². The largest absolute Gasteiger partial charge is 0.377 e. The molecule has 1 aliphatic heterocycles. The van der Waals surface area contributed by atoms with Crippen molar-refractivity contribution in [1.29, 1.82) is 5.26 Å². The third kappa shape index (κ3) is 1.61. The van der Waals surface area contributed by atoms with Crippen LogP contribution in [0.15, 0.2) is 16.8 Å². The summed E-state index contributed by atoms with van der Waals surface area (Å²) in [6.45, 7) is 3.02. The van der Waals surface area contributed by atoms with Crippen LogP contribution in [-0.4, -0.2) is 18.2 Å². The summed E-state index contributed by atoms with van der Waals surface area (Å²) < 4.78 is 5.15. The number of thiophene rings is 1. The van der Waals surface area contributed by atoms with Crippen LogP contribution in [-0.2, 0) is 10.2 Å². The van der Waals surface area contributed by atoms with Gasteiger partial charge in [0.1, 0.15) is 10.4 Å². The van der Waals surface area contributed by atoms with E-state index in [1.165, 1.54) is 10.4 Å². The minimum absolute atomic E-state index is 0.468. The summed E-state index contributed by atoms with van der Waals surface area (Å²) in [5.74, 6) is 0. The minimum Gasteiger partial charge on any atom is -0.377 e. The van der Waals surface area contributed by atoms with Crippen LogP contribution in [0.4, 0.5) is 0 Å². The van der Waals surface area contributed by atoms with Crippen LogP contribution in [0.2, 0.25) is 0 Å². The summed E-state index contributed by atoms with van der Waals surface area (Å²) in [6.07, 6.45) is 0. The highest BCUT2D eigenvalue weighted by Crippen LogP contribution is 2.37. The monoisotopic (exact) mass is 262 g/mol. The number of hydrogen-bond acceptors (Lipinski definition) is 5. The number of hydrogen-bond donors (Lipinski definition) is 0. The van der Waals surface area contributed by atoms with Crippen molar-refractivity contribution in [3.05, 3.63) is 28.1 Å². The Balaban J connectivity index is 1.99. The zero-order valence-electron chi connectivity index (χ0n) is 9.27. The normalized spacial score (nSPS) is 17.4. The SMILES string of the molecule is Cc1ccsc1-c1nc(C2(C#N)COC2)cs1. The maximum absolute atomic E-state index is 9.22. The van der Waals surface area contributed by atoms with E-state index < -0.39 is 5.41 Å². The summed E-state index contributed by atoms with van der Waals surface area (Å²) in [7, 11) is 0. The summed E-state index contributed by atoms with van der Waals surface area (Å²) in [6, 6.07) is 4.42. The smallest absolute Gasteiger partial charge is 0.146 e. The molecule has 0 bridgehead atoms. The maximum Gasteiger partial charge on any atom is 0.146 e. The highest BCUT2D eigenvalue weighted by molar-refractivity contribution is 7.20. The standard InChI is InChI=1S/C12H10N2OS2/c1-8-2-3-16-10(8)11-14-9(4-17-11)12(5-13)6-15-7-12/h2-4H,6-7H2,1H3. The van der Waals surface area contributed by atoms with Crippen LogP contribution in [0.5, 0.6) is 0 Å². The van der Waals surface area contributed by atoms with Crippen molar-refractivity contribution in [1.82, 2.24) is 4.98 Å². The molecule has 0 spiro atoms. The Bertz CT molecular complexity index is 590. The predicted molar refractivity (Wildman–Crippen MR) is 68.3 cm³/mol. The predicted octanol–water partition coefficient (Wildman–Crippen LogP) is 2.97. The van der Waals surface area contributed by atoms with Crippen molar-refractivity contribution in [3.63, 3.8) is 0 Å². The number of thiazole rings is 1. The van der Waals surface area contributed by atoms with Crippen molar-refractivity contribution in [3.8, 4) is 16.0 Å². The molecule has 1 fully saturated rings. The van der Waals surface area contributed by atoms with Gasteiger partial charge in [-0.25, -0.2) is 4.98 Å². The number of nitrogens with zero attached hydrogens (tertiary/aromatic N) is 2. The van der Waals surface area contributed by atoms with Crippen molar-refractivity contribution in [2.45, 2.75) is 12.3 Å². The third-order valence-corrected chi connectivity index (χ3v) is 4.97. The average molecular weight is 262 g/mol. The fraction of sp³-hybridized carbons (Fsp3) is 0.333. The zero-order valence-corrected chi connectivity index (χ0v) is 10.9. The van der Waals surface area contributed by atoms with E-state index >= 15 is 0 Å². The van der Waals surface area contributed by atoms with E-state index in [9.17, 15) is 5.26 Å². The summed E-state index contributed by atoms with van der Waals surface area (Å²) >= 11 is 3.30. The molecule has 0 aliphatic carbocycles. The number of aryl methyl sites for hydroxylation is 1. The van der Waals surface area contributed by atoms with E-state index in [0.717, 1.165) is 10.7 Å². The Morgan fingerprint density at radius 1 is 1.47 bits per heavy atom. The van der Waals surface area contributed by atoms with Gasteiger partial charge >= 0.3 is 0 Å². The van der Waals surface area contributed by atoms with Crippen molar-refractivity contribution >= 4 is 22.7 Å². The number of rotatable bonds is 2. The first-order valence-electron chi connectivity index (χ1n) is 5.25. The van der Waals surface area contributed by atoms with E-state index in [4.69, 9.17) is 4.74 Å². The Morgan fingerprint density at radius 2 is 2.29 bits per heavy atom. The van der Waals surface area contributed by atoms with Crippen molar-refractivity contribution in [2.75, 3.05) is 13.2 Å². The molecule has 0 saturated carbocycles. The molecule has 0 amide bonds. The van der Waals surface area contributed by atoms with Gasteiger partial charge in [-0.1, -0.05) is 0 Å². The molecule has 0 aromatic carbocycles. The highest BCUT2D eigenvalue weighted by atomic mass is 32.1. The summed E-state index contributed by atoms with van der Waals surface area (Å²) in [5, 5.41) is 14.3. The lowest BCUT2D eigenvalue weighted by Crippen LogP contribution is -2.45. The number of nitriles is 1. The molecular weight excluding hydrogens is 252 g/mol. The zero-order chi connectivity index (χ0) is 11.9. The summed E-state index contributed by atoms with van der Waals surface area (Å²) in [5.41, 5.74) is 1.60. The first kappa shape index (κ1) is 10.9. The lowest BCUT2D eigenvalue weighted by molar-refractivity contribution is -0.0314. The lowest BCUT2D eigenvalue weighted by Gasteiger charge is -2.33. The number of aromatic nitrogens is 1. The van der Waals surface area contributed by atoms with Gasteiger partial charge < -0.3 is 4.74 Å². The second-order valence-corrected chi connectivity index (χ2v) is 5.93. The fourth-order valence-electron chi connectivity index (χ4n) is 1.77. The van der Waals surface area contributed by atoms with E-state index in [2.05, 4.69) is 29.4 Å². The van der Waals surface area contributed by atoms with Gasteiger partial charge in [0.05, 0.1) is 29.9 Å². The van der Waals surface area contributed by atoms with Gasteiger partial charge in [0.25, 0.3) is 0 Å². The van der Waals surface area contributed by atoms with E-state index in [0.29, 0.717) is 13.2 Å². The second-order valence-electron chi connectivity index (χ2n) is 4.16. The molecule has 3 rings (SSSR count). The average Bonchev–Trinajstić information content (AvgIpc) is 2.86. The molecule has 1 saturated heterocycles. The quantitative estimate of drug-likeness (QED) is 0.836. The first-order chi connectivity index (χ1) is 8.25. The molecule has 5 heteroatoms. The molecule has 86 valence electrons. The van der Waals surface area contributed by atoms with Gasteiger partial charge in [-0.15, -0.1) is 22.7 Å². The van der Waals surface area contributed by atoms with Crippen LogP contribution in [0.1, 0.15) is 11.3 Å². The maximum atomic E-state index is 9.22. The van der Waals surface area contributed by atoms with Crippen molar-refractivity contribution < 1.29 is 4.74 Å². The van der Waals surface area contributed by atoms with Crippen LogP contribution in [0.25, 0.3) is 9.88 Å². The molecule has 0 N–H and O–H groups in total. The van der Waals surface area contributed by atoms with E-state index in [-0.39, 0.29) is 0 Å². The Morgan fingerprint density at radius 3 is 2.82 bits per heavy atom. The molecule has 2 aromatic rings. The van der Waals surface area contributed by atoms with Gasteiger partial charge in [-0.3, -0.25) is 0 Å². The Kier molecular flexibility index (Phi) is 2.51. The molecule has 0 unspecified atom stereocenters. The van der Waals surface area contributed by atoms with Gasteiger partial charge in [0.15, 0.2) is 0 Å². The topological polar surface area (TPSA) is 45.9 Å². The Hall–Kier alpha value is -1.22. The molecule has 1 aliphatic rings. The first-order valence-corrected chi connectivity index (χ1v) is 7.00. The fourth-order valence-corrected chi connectivity index (χ4v) is 3.78. The number of ether oxygens (including phenoxy) is 1. The molecule has 17 heavy (non-hydrogen) atoms. The van der Waals surface area contributed by atoms with Gasteiger partial charge in [-0.05, 0) is 23.9 Å². The van der Waals surface area contributed by atoms with Gasteiger partial charge in [0, 0.05) is 5.38 Å². The van der Waals surface area contributed by atoms with Crippen LogP contribution >= 0.6 is 22.7 Å². The van der Waals surface area contributed by atoms with E-state index in [1.54, 1.807) is 22.7 Å². The molecule has 0 atom stereocenters. The Labute approximate surface area is 107 Å². The lowest BCUT2D eigenvalue weighted by atomic mass is 9.85. The molecular formula is C12H10N2OS2.